The minimum absolute atomic E-state index is 1.05. The number of hydrogen-bond acceptors (Lipinski definition) is 0. The number of rotatable bonds is 0. The van der Waals surface area contributed by atoms with Crippen LogP contribution in [0.1, 0.15) is 60.8 Å². The van der Waals surface area contributed by atoms with E-state index in [1.165, 1.54) is 12.8 Å². The fourth-order valence-corrected chi connectivity index (χ4v) is 2.87. The smallest absolute Gasteiger partial charge is 0.0383 e. The van der Waals surface area contributed by atoms with Gasteiger partial charge in [0.2, 0.25) is 0 Å². The summed E-state index contributed by atoms with van der Waals surface area (Å²) < 4.78 is 0. The van der Waals surface area contributed by atoms with Gasteiger partial charge in [-0.05, 0) is 42.9 Å². The van der Waals surface area contributed by atoms with E-state index in [9.17, 15) is 0 Å². The van der Waals surface area contributed by atoms with E-state index < -0.39 is 0 Å². The molecule has 0 saturated heterocycles. The molecule has 0 unspecified atom stereocenters. The molecule has 0 radical (unpaired) electrons. The van der Waals surface area contributed by atoms with Gasteiger partial charge in [-0.25, -0.2) is 0 Å². The molecule has 2 aliphatic rings. The lowest BCUT2D eigenvalue weighted by Crippen LogP contribution is -2.15. The molecule has 2 rings (SSSR count). The van der Waals surface area contributed by atoms with Gasteiger partial charge in [-0.1, -0.05) is 41.5 Å². The molecule has 4 atom stereocenters. The van der Waals surface area contributed by atoms with Gasteiger partial charge in [-0.3, -0.25) is 0 Å². The second-order valence-electron chi connectivity index (χ2n) is 4.05. The molecule has 0 nitrogen and oxygen atoms in total. The highest BCUT2D eigenvalue weighted by Crippen LogP contribution is 2.51. The summed E-state index contributed by atoms with van der Waals surface area (Å²) in [6.07, 6.45) is 4.63. The van der Waals surface area contributed by atoms with Crippen molar-refractivity contribution in [2.75, 3.05) is 0 Å². The first-order valence-corrected chi connectivity index (χ1v) is 6.29. The average molecular weight is 184 g/mol. The van der Waals surface area contributed by atoms with Gasteiger partial charge in [0.25, 0.3) is 0 Å². The first-order valence-electron chi connectivity index (χ1n) is 6.29. The maximum atomic E-state index is 2.44. The highest BCUT2D eigenvalue weighted by atomic mass is 14.5. The third-order valence-electron chi connectivity index (χ3n) is 3.83. The van der Waals surface area contributed by atoms with E-state index in [2.05, 4.69) is 13.8 Å². The normalized spacial score (nSPS) is 40.2. The standard InChI is InChI=1S/C9H16.2C2H6/c1-6-7(2)9-4-3-8(6)5-9;2*1-2/h6-9H,3-5H2,1-2H3;2*1-2H3/t6-,7-,8-,9+;;/m0../s1. The topological polar surface area (TPSA) is 0 Å². The fraction of sp³-hybridized carbons (Fsp3) is 1.00. The Morgan fingerprint density at radius 3 is 1.15 bits per heavy atom. The quantitative estimate of drug-likeness (QED) is 0.510. The Balaban J connectivity index is 0.000000322. The van der Waals surface area contributed by atoms with Crippen LogP contribution in [0.25, 0.3) is 0 Å². The van der Waals surface area contributed by atoms with Crippen molar-refractivity contribution in [2.24, 2.45) is 23.7 Å². The van der Waals surface area contributed by atoms with Crippen LogP contribution in [0.5, 0.6) is 0 Å². The second kappa shape index (κ2) is 6.45. The molecule has 0 spiro atoms. The Labute approximate surface area is 85.1 Å². The SMILES string of the molecule is CC.CC.C[C@@H]1[C@@H]2CC[C@@H](C2)[C@H]1C. The zero-order chi connectivity index (χ0) is 10.4. The van der Waals surface area contributed by atoms with Crippen LogP contribution < -0.4 is 0 Å². The van der Waals surface area contributed by atoms with Crippen LogP contribution in [-0.2, 0) is 0 Å². The summed E-state index contributed by atoms with van der Waals surface area (Å²) in [7, 11) is 0. The zero-order valence-corrected chi connectivity index (χ0v) is 10.4. The Bertz CT molecular complexity index is 99.2. The molecule has 0 aromatic rings. The van der Waals surface area contributed by atoms with E-state index >= 15 is 0 Å². The minimum atomic E-state index is 1.05. The first kappa shape index (κ1) is 13.0. The van der Waals surface area contributed by atoms with Crippen LogP contribution in [0.4, 0.5) is 0 Å². The van der Waals surface area contributed by atoms with E-state index in [0.717, 1.165) is 23.7 Å². The highest BCUT2D eigenvalue weighted by molar-refractivity contribution is 4.92. The van der Waals surface area contributed by atoms with Crippen LogP contribution >= 0.6 is 0 Å². The highest BCUT2D eigenvalue weighted by Gasteiger charge is 2.42. The molecule has 0 N–H and O–H groups in total. The van der Waals surface area contributed by atoms with Crippen molar-refractivity contribution in [3.63, 3.8) is 0 Å². The van der Waals surface area contributed by atoms with Gasteiger partial charge < -0.3 is 0 Å². The summed E-state index contributed by atoms with van der Waals surface area (Å²) >= 11 is 0. The molecule has 0 amide bonds. The molecule has 0 heteroatoms. The van der Waals surface area contributed by atoms with Crippen LogP contribution in [0.3, 0.4) is 0 Å². The van der Waals surface area contributed by atoms with E-state index in [1.54, 1.807) is 6.42 Å². The summed E-state index contributed by atoms with van der Waals surface area (Å²) in [6, 6.07) is 0. The molecule has 0 heterocycles. The summed E-state index contributed by atoms with van der Waals surface area (Å²) in [4.78, 5) is 0. The van der Waals surface area contributed by atoms with Crippen LogP contribution in [0.15, 0.2) is 0 Å². The molecule has 0 aliphatic heterocycles. The third-order valence-corrected chi connectivity index (χ3v) is 3.83. The molecule has 2 saturated carbocycles. The predicted octanol–water partition coefficient (Wildman–Crippen LogP) is 4.74. The molecule has 0 aromatic heterocycles. The summed E-state index contributed by atoms with van der Waals surface area (Å²) in [6.45, 7) is 12.9. The first-order chi connectivity index (χ1) is 6.29. The lowest BCUT2D eigenvalue weighted by molar-refractivity contribution is 0.259. The van der Waals surface area contributed by atoms with Crippen molar-refractivity contribution < 1.29 is 0 Å². The van der Waals surface area contributed by atoms with Crippen LogP contribution in [-0.4, -0.2) is 0 Å². The number of fused-ring (bicyclic) bond motifs is 2. The molecule has 13 heavy (non-hydrogen) atoms. The molecule has 0 aromatic carbocycles. The van der Waals surface area contributed by atoms with Crippen LogP contribution in [0.2, 0.25) is 0 Å². The van der Waals surface area contributed by atoms with E-state index in [0.29, 0.717) is 0 Å². The minimum Gasteiger partial charge on any atom is -0.0683 e. The van der Waals surface area contributed by atoms with Gasteiger partial charge in [0.1, 0.15) is 0 Å². The predicted molar refractivity (Wildman–Crippen MR) is 61.9 cm³/mol. The molecule has 2 fully saturated rings. The monoisotopic (exact) mass is 184 g/mol. The summed E-state index contributed by atoms with van der Waals surface area (Å²) in [5, 5.41) is 0. The molecule has 2 bridgehead atoms. The molecular weight excluding hydrogens is 156 g/mol. The van der Waals surface area contributed by atoms with Crippen molar-refractivity contribution >= 4 is 0 Å². The van der Waals surface area contributed by atoms with Gasteiger partial charge in [-0.15, -0.1) is 0 Å². The maximum Gasteiger partial charge on any atom is -0.0383 e. The van der Waals surface area contributed by atoms with Gasteiger partial charge in [0.05, 0.1) is 0 Å². The van der Waals surface area contributed by atoms with Crippen molar-refractivity contribution in [2.45, 2.75) is 60.8 Å². The van der Waals surface area contributed by atoms with Crippen molar-refractivity contribution in [3.05, 3.63) is 0 Å². The fourth-order valence-electron chi connectivity index (χ4n) is 2.87. The Hall–Kier alpha value is 0. The zero-order valence-electron chi connectivity index (χ0n) is 10.4. The molecule has 2 aliphatic carbocycles. The Kier molecular flexibility index (Phi) is 6.45. The molecular formula is C13H28. The van der Waals surface area contributed by atoms with E-state index in [1.807, 2.05) is 27.7 Å². The van der Waals surface area contributed by atoms with Gasteiger partial charge >= 0.3 is 0 Å². The van der Waals surface area contributed by atoms with Gasteiger partial charge in [0.15, 0.2) is 0 Å². The van der Waals surface area contributed by atoms with E-state index in [-0.39, 0.29) is 0 Å². The lowest BCUT2D eigenvalue weighted by atomic mass is 9.82. The largest absolute Gasteiger partial charge is 0.0683 e. The van der Waals surface area contributed by atoms with Crippen molar-refractivity contribution in [1.82, 2.24) is 0 Å². The Morgan fingerprint density at radius 2 is 1.00 bits per heavy atom. The van der Waals surface area contributed by atoms with Crippen molar-refractivity contribution in [3.8, 4) is 0 Å². The van der Waals surface area contributed by atoms with Gasteiger partial charge in [0, 0.05) is 0 Å². The maximum absolute atomic E-state index is 2.44. The Morgan fingerprint density at radius 1 is 0.692 bits per heavy atom. The lowest BCUT2D eigenvalue weighted by Gasteiger charge is -2.24. The van der Waals surface area contributed by atoms with E-state index in [4.69, 9.17) is 0 Å². The summed E-state index contributed by atoms with van der Waals surface area (Å²) in [5.74, 6) is 4.32. The second-order valence-corrected chi connectivity index (χ2v) is 4.05. The third kappa shape index (κ3) is 2.72. The van der Waals surface area contributed by atoms with Crippen molar-refractivity contribution in [1.29, 1.82) is 0 Å². The number of hydrogen-bond donors (Lipinski definition) is 0. The van der Waals surface area contributed by atoms with Gasteiger partial charge in [-0.2, -0.15) is 0 Å². The molecule has 80 valence electrons. The average Bonchev–Trinajstić information content (AvgIpc) is 2.78. The summed E-state index contributed by atoms with van der Waals surface area (Å²) in [5.41, 5.74) is 0. The van der Waals surface area contributed by atoms with Crippen LogP contribution in [0, 0.1) is 23.7 Å².